The molecule has 0 atom stereocenters. The predicted octanol–water partition coefficient (Wildman–Crippen LogP) is 1.55. The van der Waals surface area contributed by atoms with Gasteiger partial charge >= 0.3 is 0 Å². The molecule has 2 fully saturated rings. The largest absolute Gasteiger partial charge is 0.378 e. The molecular weight excluding hydrogens is 394 g/mol. The van der Waals surface area contributed by atoms with Crippen molar-refractivity contribution in [2.24, 2.45) is 5.92 Å². The maximum absolute atomic E-state index is 12.6. The molecule has 29 heavy (non-hydrogen) atoms. The molecule has 2 aromatic rings. The summed E-state index contributed by atoms with van der Waals surface area (Å²) in [6.45, 7) is 2.33. The molecule has 0 radical (unpaired) electrons. The highest BCUT2D eigenvalue weighted by Crippen LogP contribution is 2.32. The molecule has 2 aliphatic rings. The molecule has 4 rings (SSSR count). The fourth-order valence-electron chi connectivity index (χ4n) is 3.22. The van der Waals surface area contributed by atoms with Crippen LogP contribution in [-0.4, -0.2) is 56.6 Å². The molecule has 0 bridgehead atoms. The Bertz CT molecular complexity index is 1050. The molecule has 9 nitrogen and oxygen atoms in total. The molecule has 1 aliphatic carbocycles. The van der Waals surface area contributed by atoms with E-state index in [9.17, 15) is 18.5 Å². The quantitative estimate of drug-likeness (QED) is 0.732. The first-order chi connectivity index (χ1) is 14.0. The van der Waals surface area contributed by atoms with Crippen molar-refractivity contribution in [2.75, 3.05) is 42.3 Å². The van der Waals surface area contributed by atoms with Crippen LogP contribution >= 0.6 is 0 Å². The zero-order valence-corrected chi connectivity index (χ0v) is 16.5. The van der Waals surface area contributed by atoms with E-state index in [1.165, 1.54) is 24.3 Å². The summed E-state index contributed by atoms with van der Waals surface area (Å²) in [6.07, 6.45) is 1.91. The summed E-state index contributed by atoms with van der Waals surface area (Å²) < 4.78 is 30.0. The van der Waals surface area contributed by atoms with E-state index in [2.05, 4.69) is 21.6 Å². The third-order valence-electron chi connectivity index (χ3n) is 5.04. The van der Waals surface area contributed by atoms with Crippen molar-refractivity contribution in [3.63, 3.8) is 0 Å². The minimum atomic E-state index is -3.32. The summed E-state index contributed by atoms with van der Waals surface area (Å²) in [4.78, 5) is 14.7. The Balaban J connectivity index is 1.48. The third kappa shape index (κ3) is 4.26. The van der Waals surface area contributed by atoms with Crippen molar-refractivity contribution in [3.05, 3.63) is 35.4 Å². The van der Waals surface area contributed by atoms with Gasteiger partial charge in [-0.3, -0.25) is 9.89 Å². The molecule has 0 unspecified atom stereocenters. The van der Waals surface area contributed by atoms with Crippen LogP contribution in [0.5, 0.6) is 0 Å². The normalized spacial score (nSPS) is 17.0. The average Bonchev–Trinajstić information content (AvgIpc) is 3.44. The number of sulfone groups is 1. The van der Waals surface area contributed by atoms with E-state index < -0.39 is 15.7 Å². The van der Waals surface area contributed by atoms with Crippen LogP contribution in [0.15, 0.2) is 29.2 Å². The zero-order chi connectivity index (χ0) is 20.4. The molecule has 1 amide bonds. The number of hydrogen-bond acceptors (Lipinski definition) is 7. The van der Waals surface area contributed by atoms with E-state index in [1.54, 1.807) is 0 Å². The van der Waals surface area contributed by atoms with Gasteiger partial charge in [0.25, 0.3) is 5.91 Å². The van der Waals surface area contributed by atoms with E-state index in [0.29, 0.717) is 37.7 Å². The first-order valence-electron chi connectivity index (χ1n) is 9.43. The zero-order valence-electron chi connectivity index (χ0n) is 15.7. The SMILES string of the molecule is N#Cc1c(N2CCOCC2)n[nH]c1NC(=O)c1ccc(S(=O)(=O)CC2CC2)cc1. The molecule has 10 heteroatoms. The van der Waals surface area contributed by atoms with Gasteiger partial charge in [-0.2, -0.15) is 10.4 Å². The number of aromatic nitrogens is 2. The van der Waals surface area contributed by atoms with E-state index in [-0.39, 0.29) is 27.9 Å². The Labute approximate surface area is 168 Å². The van der Waals surface area contributed by atoms with Crippen LogP contribution in [0.3, 0.4) is 0 Å². The van der Waals surface area contributed by atoms with Gasteiger partial charge in [-0.1, -0.05) is 0 Å². The molecular formula is C19H21N5O4S. The van der Waals surface area contributed by atoms with Gasteiger partial charge in [-0.15, -0.1) is 0 Å². The summed E-state index contributed by atoms with van der Waals surface area (Å²) in [7, 11) is -3.32. The monoisotopic (exact) mass is 415 g/mol. The second-order valence-corrected chi connectivity index (χ2v) is 9.25. The first-order valence-corrected chi connectivity index (χ1v) is 11.1. The second kappa shape index (κ2) is 7.85. The number of hydrogen-bond donors (Lipinski definition) is 2. The highest BCUT2D eigenvalue weighted by molar-refractivity contribution is 7.91. The Hall–Kier alpha value is -2.90. The fraction of sp³-hybridized carbons (Fsp3) is 0.421. The fourth-order valence-corrected chi connectivity index (χ4v) is 4.92. The highest BCUT2D eigenvalue weighted by atomic mass is 32.2. The van der Waals surface area contributed by atoms with E-state index in [4.69, 9.17) is 4.74 Å². The second-order valence-electron chi connectivity index (χ2n) is 7.21. The number of nitrogens with one attached hydrogen (secondary N) is 2. The number of aromatic amines is 1. The smallest absolute Gasteiger partial charge is 0.256 e. The van der Waals surface area contributed by atoms with E-state index in [0.717, 1.165) is 12.8 Å². The lowest BCUT2D eigenvalue weighted by atomic mass is 10.2. The van der Waals surface area contributed by atoms with Crippen molar-refractivity contribution in [1.82, 2.24) is 10.2 Å². The van der Waals surface area contributed by atoms with Gasteiger partial charge in [0.05, 0.1) is 23.9 Å². The Kier molecular flexibility index (Phi) is 5.25. The maximum Gasteiger partial charge on any atom is 0.256 e. The lowest BCUT2D eigenvalue weighted by Gasteiger charge is -2.26. The minimum absolute atomic E-state index is 0.155. The predicted molar refractivity (Wildman–Crippen MR) is 106 cm³/mol. The lowest BCUT2D eigenvalue weighted by molar-refractivity contribution is 0.102. The summed E-state index contributed by atoms with van der Waals surface area (Å²) in [5.41, 5.74) is 0.547. The number of rotatable bonds is 6. The number of nitrogens with zero attached hydrogens (tertiary/aromatic N) is 3. The van der Waals surface area contributed by atoms with Crippen molar-refractivity contribution in [3.8, 4) is 6.07 Å². The average molecular weight is 415 g/mol. The van der Waals surface area contributed by atoms with Crippen molar-refractivity contribution < 1.29 is 17.9 Å². The number of nitriles is 1. The number of ether oxygens (including phenoxy) is 1. The van der Waals surface area contributed by atoms with Crippen LogP contribution in [-0.2, 0) is 14.6 Å². The van der Waals surface area contributed by atoms with E-state index in [1.807, 2.05) is 4.90 Å². The van der Waals surface area contributed by atoms with Gasteiger partial charge in [0.15, 0.2) is 15.7 Å². The molecule has 1 aromatic heterocycles. The molecule has 1 aromatic carbocycles. The van der Waals surface area contributed by atoms with E-state index >= 15 is 0 Å². The number of morpholine rings is 1. The van der Waals surface area contributed by atoms with Gasteiger partial charge in [0.2, 0.25) is 0 Å². The van der Waals surface area contributed by atoms with Crippen LogP contribution < -0.4 is 10.2 Å². The van der Waals surface area contributed by atoms with Crippen LogP contribution in [0.25, 0.3) is 0 Å². The molecule has 2 N–H and O–H groups in total. The van der Waals surface area contributed by atoms with Gasteiger partial charge in [-0.05, 0) is 43.0 Å². The Morgan fingerprint density at radius 1 is 1.28 bits per heavy atom. The van der Waals surface area contributed by atoms with Crippen molar-refractivity contribution in [1.29, 1.82) is 5.26 Å². The number of amides is 1. The summed E-state index contributed by atoms with van der Waals surface area (Å²) >= 11 is 0. The maximum atomic E-state index is 12.6. The molecule has 152 valence electrons. The number of benzene rings is 1. The lowest BCUT2D eigenvalue weighted by Crippen LogP contribution is -2.36. The Morgan fingerprint density at radius 2 is 1.97 bits per heavy atom. The van der Waals surface area contributed by atoms with Gasteiger partial charge in [0.1, 0.15) is 17.5 Å². The van der Waals surface area contributed by atoms with Crippen LogP contribution in [0, 0.1) is 17.2 Å². The van der Waals surface area contributed by atoms with Crippen LogP contribution in [0.1, 0.15) is 28.8 Å². The summed E-state index contributed by atoms with van der Waals surface area (Å²) in [5.74, 6) is 0.651. The summed E-state index contributed by atoms with van der Waals surface area (Å²) in [5, 5.41) is 19.0. The molecule has 1 aliphatic heterocycles. The van der Waals surface area contributed by atoms with Crippen LogP contribution in [0.4, 0.5) is 11.6 Å². The van der Waals surface area contributed by atoms with Crippen molar-refractivity contribution >= 4 is 27.4 Å². The third-order valence-corrected chi connectivity index (χ3v) is 6.94. The highest BCUT2D eigenvalue weighted by Gasteiger charge is 2.29. The molecule has 0 spiro atoms. The van der Waals surface area contributed by atoms with Gasteiger partial charge in [0, 0.05) is 18.7 Å². The summed E-state index contributed by atoms with van der Waals surface area (Å²) in [6, 6.07) is 7.92. The van der Waals surface area contributed by atoms with Crippen LogP contribution in [0.2, 0.25) is 0 Å². The number of anilines is 2. The van der Waals surface area contributed by atoms with Gasteiger partial charge < -0.3 is 15.0 Å². The standard InChI is InChI=1S/C19H21N5O4S/c20-11-16-17(22-23-18(16)24-7-9-28-10-8-24)21-19(25)14-3-5-15(6-4-14)29(26,27)12-13-1-2-13/h3-6,13H,1-2,7-10,12H2,(H2,21,22,23,25). The van der Waals surface area contributed by atoms with Crippen molar-refractivity contribution in [2.45, 2.75) is 17.7 Å². The number of carbonyl (C=O) groups excluding carboxylic acids is 1. The molecule has 1 saturated heterocycles. The topological polar surface area (TPSA) is 128 Å². The Morgan fingerprint density at radius 3 is 2.59 bits per heavy atom. The molecule has 1 saturated carbocycles. The number of carbonyl (C=O) groups is 1. The number of H-pyrrole nitrogens is 1. The van der Waals surface area contributed by atoms with Gasteiger partial charge in [-0.25, -0.2) is 8.42 Å². The molecule has 2 heterocycles. The minimum Gasteiger partial charge on any atom is -0.378 e. The first kappa shape index (κ1) is 19.4.